The van der Waals surface area contributed by atoms with Gasteiger partial charge in [-0.1, -0.05) is 13.3 Å². The number of amides is 1. The first-order valence-corrected chi connectivity index (χ1v) is 7.93. The third-order valence-electron chi connectivity index (χ3n) is 4.20. The Morgan fingerprint density at radius 2 is 2.32 bits per heavy atom. The molecule has 118 valence electrons. The van der Waals surface area contributed by atoms with E-state index in [-0.39, 0.29) is 11.9 Å². The predicted molar refractivity (Wildman–Crippen MR) is 83.9 cm³/mol. The van der Waals surface area contributed by atoms with Gasteiger partial charge in [0.05, 0.1) is 12.6 Å². The van der Waals surface area contributed by atoms with Crippen LogP contribution in [0.15, 0.2) is 22.6 Å². The maximum absolute atomic E-state index is 12.6. The van der Waals surface area contributed by atoms with Crippen molar-refractivity contribution in [1.82, 2.24) is 9.88 Å². The number of aromatic nitrogens is 1. The van der Waals surface area contributed by atoms with Gasteiger partial charge in [0, 0.05) is 25.6 Å². The molecule has 0 N–H and O–H groups in total. The van der Waals surface area contributed by atoms with Crippen molar-refractivity contribution in [3.05, 3.63) is 29.7 Å². The first kappa shape index (κ1) is 15.0. The van der Waals surface area contributed by atoms with E-state index in [1.807, 2.05) is 25.2 Å². The van der Waals surface area contributed by atoms with Crippen molar-refractivity contribution in [1.29, 1.82) is 0 Å². The van der Waals surface area contributed by atoms with Crippen LogP contribution in [0, 0.1) is 0 Å². The average Bonchev–Trinajstić information content (AvgIpc) is 3.19. The molecule has 1 saturated heterocycles. The molecule has 1 fully saturated rings. The molecule has 0 spiro atoms. The highest BCUT2D eigenvalue weighted by molar-refractivity contribution is 5.97. The monoisotopic (exact) mass is 302 g/mol. The molecule has 1 aliphatic heterocycles. The lowest BCUT2D eigenvalue weighted by atomic mass is 10.1. The van der Waals surface area contributed by atoms with Gasteiger partial charge in [0.1, 0.15) is 5.52 Å². The fourth-order valence-corrected chi connectivity index (χ4v) is 2.74. The maximum atomic E-state index is 12.6. The van der Waals surface area contributed by atoms with Gasteiger partial charge in [-0.05, 0) is 31.0 Å². The summed E-state index contributed by atoms with van der Waals surface area (Å²) >= 11 is 0. The van der Waals surface area contributed by atoms with E-state index in [0.717, 1.165) is 49.3 Å². The normalized spacial score (nSPS) is 18.0. The Morgan fingerprint density at radius 3 is 3.05 bits per heavy atom. The topological polar surface area (TPSA) is 55.6 Å². The molecule has 1 aliphatic rings. The van der Waals surface area contributed by atoms with Crippen molar-refractivity contribution >= 4 is 17.0 Å². The van der Waals surface area contributed by atoms with Crippen LogP contribution in [0.1, 0.15) is 42.4 Å². The molecule has 1 atom stereocenters. The second-order valence-electron chi connectivity index (χ2n) is 5.83. The standard InChI is InChI=1S/C17H22N2O3/c1-3-4-5-16-18-14-10-12(6-7-15(14)22-16)17(20)19(2)13-8-9-21-11-13/h6-7,10,13H,3-5,8-9,11H2,1-2H3. The average molecular weight is 302 g/mol. The molecule has 1 aromatic heterocycles. The van der Waals surface area contributed by atoms with Crippen molar-refractivity contribution < 1.29 is 13.9 Å². The Hall–Kier alpha value is -1.88. The molecule has 22 heavy (non-hydrogen) atoms. The number of likely N-dealkylation sites (N-methyl/N-ethyl adjacent to an activating group) is 1. The first-order chi connectivity index (χ1) is 10.7. The predicted octanol–water partition coefficient (Wildman–Crippen LogP) is 3.03. The lowest BCUT2D eigenvalue weighted by Crippen LogP contribution is -2.37. The second-order valence-corrected chi connectivity index (χ2v) is 5.83. The lowest BCUT2D eigenvalue weighted by molar-refractivity contribution is 0.0711. The smallest absolute Gasteiger partial charge is 0.254 e. The minimum Gasteiger partial charge on any atom is -0.441 e. The largest absolute Gasteiger partial charge is 0.441 e. The summed E-state index contributed by atoms with van der Waals surface area (Å²) in [6.07, 6.45) is 3.91. The van der Waals surface area contributed by atoms with E-state index in [0.29, 0.717) is 12.2 Å². The van der Waals surface area contributed by atoms with E-state index in [1.54, 1.807) is 4.90 Å². The highest BCUT2D eigenvalue weighted by Gasteiger charge is 2.25. The number of oxazole rings is 1. The Labute approximate surface area is 130 Å². The zero-order valence-corrected chi connectivity index (χ0v) is 13.2. The minimum atomic E-state index is 0.00973. The molecule has 0 bridgehead atoms. The van der Waals surface area contributed by atoms with Gasteiger partial charge in [-0.15, -0.1) is 0 Å². The first-order valence-electron chi connectivity index (χ1n) is 7.93. The molecule has 5 nitrogen and oxygen atoms in total. The molecule has 2 heterocycles. The summed E-state index contributed by atoms with van der Waals surface area (Å²) in [6.45, 7) is 3.49. The van der Waals surface area contributed by atoms with E-state index < -0.39 is 0 Å². The fraction of sp³-hybridized carbons (Fsp3) is 0.529. The number of nitrogens with zero attached hydrogens (tertiary/aromatic N) is 2. The van der Waals surface area contributed by atoms with Gasteiger partial charge in [0.15, 0.2) is 11.5 Å². The Bertz CT molecular complexity index is 659. The fourth-order valence-electron chi connectivity index (χ4n) is 2.74. The number of carbonyl (C=O) groups is 1. The van der Waals surface area contributed by atoms with Crippen LogP contribution < -0.4 is 0 Å². The van der Waals surface area contributed by atoms with Crippen molar-refractivity contribution in [2.24, 2.45) is 0 Å². The number of benzene rings is 1. The van der Waals surface area contributed by atoms with Crippen LogP contribution in [-0.4, -0.2) is 42.1 Å². The Morgan fingerprint density at radius 1 is 1.45 bits per heavy atom. The van der Waals surface area contributed by atoms with Crippen LogP contribution in [-0.2, 0) is 11.2 Å². The van der Waals surface area contributed by atoms with Crippen molar-refractivity contribution in [3.8, 4) is 0 Å². The van der Waals surface area contributed by atoms with Crippen molar-refractivity contribution in [2.75, 3.05) is 20.3 Å². The Kier molecular flexibility index (Phi) is 4.43. The summed E-state index contributed by atoms with van der Waals surface area (Å²) in [4.78, 5) is 18.8. The lowest BCUT2D eigenvalue weighted by Gasteiger charge is -2.23. The molecule has 0 aliphatic carbocycles. The molecular weight excluding hydrogens is 280 g/mol. The summed E-state index contributed by atoms with van der Waals surface area (Å²) in [5.41, 5.74) is 2.15. The molecule has 2 aromatic rings. The molecule has 0 radical (unpaired) electrons. The van der Waals surface area contributed by atoms with Gasteiger partial charge < -0.3 is 14.1 Å². The van der Waals surface area contributed by atoms with E-state index in [4.69, 9.17) is 9.15 Å². The molecule has 1 amide bonds. The second kappa shape index (κ2) is 6.48. The van der Waals surface area contributed by atoms with E-state index in [2.05, 4.69) is 11.9 Å². The highest BCUT2D eigenvalue weighted by atomic mass is 16.5. The highest BCUT2D eigenvalue weighted by Crippen LogP contribution is 2.20. The zero-order valence-electron chi connectivity index (χ0n) is 13.2. The third kappa shape index (κ3) is 2.99. The van der Waals surface area contributed by atoms with Crippen LogP contribution in [0.2, 0.25) is 0 Å². The van der Waals surface area contributed by atoms with Crippen LogP contribution in [0.3, 0.4) is 0 Å². The van der Waals surface area contributed by atoms with E-state index in [1.165, 1.54) is 0 Å². The SMILES string of the molecule is CCCCc1nc2cc(C(=O)N(C)C3CCOC3)ccc2o1. The third-order valence-corrected chi connectivity index (χ3v) is 4.20. The number of carbonyl (C=O) groups excluding carboxylic acids is 1. The summed E-state index contributed by atoms with van der Waals surface area (Å²) < 4.78 is 11.1. The maximum Gasteiger partial charge on any atom is 0.254 e. The molecule has 3 rings (SSSR count). The zero-order chi connectivity index (χ0) is 15.5. The minimum absolute atomic E-state index is 0.00973. The number of hydrogen-bond acceptors (Lipinski definition) is 4. The number of aryl methyl sites for hydroxylation is 1. The van der Waals surface area contributed by atoms with Gasteiger partial charge >= 0.3 is 0 Å². The van der Waals surface area contributed by atoms with Gasteiger partial charge in [0.25, 0.3) is 5.91 Å². The molecule has 1 aromatic carbocycles. The number of fused-ring (bicyclic) bond motifs is 1. The van der Waals surface area contributed by atoms with Gasteiger partial charge in [-0.25, -0.2) is 4.98 Å². The molecule has 5 heteroatoms. The van der Waals surface area contributed by atoms with E-state index >= 15 is 0 Å². The summed E-state index contributed by atoms with van der Waals surface area (Å²) in [7, 11) is 1.83. The van der Waals surface area contributed by atoms with Gasteiger partial charge in [-0.3, -0.25) is 4.79 Å². The van der Waals surface area contributed by atoms with Gasteiger partial charge in [-0.2, -0.15) is 0 Å². The number of rotatable bonds is 5. The van der Waals surface area contributed by atoms with E-state index in [9.17, 15) is 4.79 Å². The quantitative estimate of drug-likeness (QED) is 0.852. The molecular formula is C17H22N2O3. The van der Waals surface area contributed by atoms with Gasteiger partial charge in [0.2, 0.25) is 0 Å². The van der Waals surface area contributed by atoms with Crippen LogP contribution in [0.4, 0.5) is 0 Å². The van der Waals surface area contributed by atoms with Crippen LogP contribution in [0.5, 0.6) is 0 Å². The van der Waals surface area contributed by atoms with Crippen LogP contribution in [0.25, 0.3) is 11.1 Å². The molecule has 1 unspecified atom stereocenters. The number of hydrogen-bond donors (Lipinski definition) is 0. The molecule has 0 saturated carbocycles. The number of unbranched alkanes of at least 4 members (excludes halogenated alkanes) is 1. The summed E-state index contributed by atoms with van der Waals surface area (Å²) in [6, 6.07) is 5.64. The summed E-state index contributed by atoms with van der Waals surface area (Å²) in [5, 5.41) is 0. The summed E-state index contributed by atoms with van der Waals surface area (Å²) in [5.74, 6) is 0.759. The van der Waals surface area contributed by atoms with Crippen molar-refractivity contribution in [3.63, 3.8) is 0 Å². The van der Waals surface area contributed by atoms with Crippen LogP contribution >= 0.6 is 0 Å². The number of ether oxygens (including phenoxy) is 1. The Balaban J connectivity index is 1.79. The van der Waals surface area contributed by atoms with Crippen molar-refractivity contribution in [2.45, 2.75) is 38.6 Å².